The van der Waals surface area contributed by atoms with E-state index in [0.717, 1.165) is 10.2 Å². The van der Waals surface area contributed by atoms with Crippen LogP contribution in [-0.2, 0) is 10.0 Å². The van der Waals surface area contributed by atoms with Gasteiger partial charge in [0.2, 0.25) is 0 Å². The number of pyridine rings is 1. The Labute approximate surface area is 124 Å². The lowest BCUT2D eigenvalue weighted by Crippen LogP contribution is -2.18. The van der Waals surface area contributed by atoms with Gasteiger partial charge in [-0.25, -0.2) is 24.2 Å². The molecule has 0 fully saturated rings. The van der Waals surface area contributed by atoms with Crippen LogP contribution in [0.4, 0.5) is 10.9 Å². The summed E-state index contributed by atoms with van der Waals surface area (Å²) >= 11 is 1.26. The first-order chi connectivity index (χ1) is 10.1. The van der Waals surface area contributed by atoms with E-state index in [9.17, 15) is 8.42 Å². The van der Waals surface area contributed by atoms with Crippen LogP contribution >= 0.6 is 11.3 Å². The Morgan fingerprint density at radius 1 is 1.14 bits per heavy atom. The van der Waals surface area contributed by atoms with E-state index in [1.807, 2.05) is 24.3 Å². The first-order valence-corrected chi connectivity index (χ1v) is 8.20. The van der Waals surface area contributed by atoms with Crippen LogP contribution in [0.1, 0.15) is 0 Å². The van der Waals surface area contributed by atoms with Crippen LogP contribution in [0.5, 0.6) is 0 Å². The maximum atomic E-state index is 12.4. The highest BCUT2D eigenvalue weighted by atomic mass is 32.2. The lowest BCUT2D eigenvalue weighted by atomic mass is 10.3. The van der Waals surface area contributed by atoms with Gasteiger partial charge in [0.15, 0.2) is 10.9 Å². The van der Waals surface area contributed by atoms with Gasteiger partial charge in [-0.15, -0.1) is 0 Å². The lowest BCUT2D eigenvalue weighted by Gasteiger charge is -2.08. The molecule has 0 spiro atoms. The predicted octanol–water partition coefficient (Wildman–Crippen LogP) is 1.78. The van der Waals surface area contributed by atoms with E-state index in [1.54, 1.807) is 0 Å². The molecule has 0 radical (unpaired) electrons. The molecule has 0 aliphatic carbocycles. The van der Waals surface area contributed by atoms with Crippen molar-refractivity contribution in [2.75, 3.05) is 10.1 Å². The standard InChI is InChI=1S/C12H11N5O2S2/c13-16-11-10(6-3-7-14-11)21(18,19)17-12-15-8-4-1-2-5-9(8)20-12/h1-7H,13H2,(H,14,16)(H,15,17). The van der Waals surface area contributed by atoms with Crippen molar-refractivity contribution < 1.29 is 8.42 Å². The molecule has 108 valence electrons. The van der Waals surface area contributed by atoms with E-state index in [1.165, 1.54) is 29.7 Å². The second-order valence-electron chi connectivity index (χ2n) is 4.09. The zero-order chi connectivity index (χ0) is 14.9. The number of nitrogen functional groups attached to an aromatic ring is 1. The molecule has 0 aliphatic rings. The van der Waals surface area contributed by atoms with Gasteiger partial charge in [0, 0.05) is 6.20 Å². The average Bonchev–Trinajstić information content (AvgIpc) is 2.88. The number of thiazole rings is 1. The van der Waals surface area contributed by atoms with Crippen molar-refractivity contribution >= 4 is 42.5 Å². The lowest BCUT2D eigenvalue weighted by molar-refractivity contribution is 0.601. The third kappa shape index (κ3) is 2.66. The zero-order valence-electron chi connectivity index (χ0n) is 10.6. The molecule has 0 amide bonds. The molecule has 1 aromatic carbocycles. The van der Waals surface area contributed by atoms with Gasteiger partial charge in [-0.05, 0) is 24.3 Å². The Balaban J connectivity index is 1.99. The number of sulfonamides is 1. The molecule has 7 nitrogen and oxygen atoms in total. The largest absolute Gasteiger partial charge is 0.307 e. The van der Waals surface area contributed by atoms with Gasteiger partial charge in [-0.3, -0.25) is 4.72 Å². The van der Waals surface area contributed by atoms with Gasteiger partial charge in [0.25, 0.3) is 10.0 Å². The summed E-state index contributed by atoms with van der Waals surface area (Å²) in [5.41, 5.74) is 3.01. The van der Waals surface area contributed by atoms with Gasteiger partial charge in [-0.2, -0.15) is 0 Å². The van der Waals surface area contributed by atoms with Crippen LogP contribution in [0.15, 0.2) is 47.5 Å². The molecule has 4 N–H and O–H groups in total. The number of nitrogens with one attached hydrogen (secondary N) is 2. The zero-order valence-corrected chi connectivity index (χ0v) is 12.3. The van der Waals surface area contributed by atoms with Gasteiger partial charge in [0.1, 0.15) is 4.90 Å². The number of anilines is 2. The summed E-state index contributed by atoms with van der Waals surface area (Å²) in [4.78, 5) is 8.08. The molecule has 0 unspecified atom stereocenters. The summed E-state index contributed by atoms with van der Waals surface area (Å²) in [5, 5.41) is 0.294. The first kappa shape index (κ1) is 13.7. The number of fused-ring (bicyclic) bond motifs is 1. The highest BCUT2D eigenvalue weighted by molar-refractivity contribution is 7.93. The van der Waals surface area contributed by atoms with Crippen molar-refractivity contribution in [3.63, 3.8) is 0 Å². The highest BCUT2D eigenvalue weighted by Crippen LogP contribution is 2.28. The normalized spacial score (nSPS) is 11.5. The van der Waals surface area contributed by atoms with Crippen LogP contribution in [0.25, 0.3) is 10.2 Å². The number of nitrogens with zero attached hydrogens (tertiary/aromatic N) is 2. The minimum atomic E-state index is -3.81. The molecule has 2 heterocycles. The van der Waals surface area contributed by atoms with Crippen LogP contribution in [0.2, 0.25) is 0 Å². The number of hydrogen-bond donors (Lipinski definition) is 3. The number of hydrogen-bond acceptors (Lipinski definition) is 7. The Morgan fingerprint density at radius 3 is 2.71 bits per heavy atom. The molecule has 0 saturated heterocycles. The fourth-order valence-electron chi connectivity index (χ4n) is 1.80. The van der Waals surface area contributed by atoms with Crippen molar-refractivity contribution in [1.29, 1.82) is 0 Å². The molecule has 3 aromatic rings. The number of benzene rings is 1. The van der Waals surface area contributed by atoms with E-state index >= 15 is 0 Å². The summed E-state index contributed by atoms with van der Waals surface area (Å²) in [5.74, 6) is 5.36. The van der Waals surface area contributed by atoms with Crippen molar-refractivity contribution in [3.05, 3.63) is 42.6 Å². The van der Waals surface area contributed by atoms with E-state index in [2.05, 4.69) is 20.1 Å². The third-order valence-electron chi connectivity index (χ3n) is 2.71. The molecular weight excluding hydrogens is 310 g/mol. The molecule has 2 aromatic heterocycles. The Hall–Kier alpha value is -2.23. The van der Waals surface area contributed by atoms with E-state index in [4.69, 9.17) is 5.84 Å². The second-order valence-corrected chi connectivity index (χ2v) is 6.77. The van der Waals surface area contributed by atoms with Crippen molar-refractivity contribution in [2.24, 2.45) is 5.84 Å². The molecule has 0 saturated carbocycles. The monoisotopic (exact) mass is 321 g/mol. The fraction of sp³-hybridized carbons (Fsp3) is 0. The van der Waals surface area contributed by atoms with Crippen LogP contribution in [-0.4, -0.2) is 18.4 Å². The Morgan fingerprint density at radius 2 is 1.95 bits per heavy atom. The number of nitrogens with two attached hydrogens (primary N) is 1. The van der Waals surface area contributed by atoms with Crippen molar-refractivity contribution in [3.8, 4) is 0 Å². The SMILES string of the molecule is NNc1ncccc1S(=O)(=O)Nc1nc2ccccc2s1. The maximum absolute atomic E-state index is 12.4. The average molecular weight is 321 g/mol. The molecule has 0 atom stereocenters. The van der Waals surface area contributed by atoms with Crippen LogP contribution in [0, 0.1) is 0 Å². The molecular formula is C12H11N5O2S2. The molecule has 21 heavy (non-hydrogen) atoms. The van der Waals surface area contributed by atoms with Crippen molar-refractivity contribution in [2.45, 2.75) is 4.90 Å². The second kappa shape index (κ2) is 5.28. The van der Waals surface area contributed by atoms with Gasteiger partial charge < -0.3 is 5.43 Å². The molecule has 0 aliphatic heterocycles. The van der Waals surface area contributed by atoms with Crippen molar-refractivity contribution in [1.82, 2.24) is 9.97 Å². The summed E-state index contributed by atoms with van der Waals surface area (Å²) in [6, 6.07) is 10.3. The topological polar surface area (TPSA) is 110 Å². The number of hydrazine groups is 1. The van der Waals surface area contributed by atoms with E-state index in [0.29, 0.717) is 5.13 Å². The first-order valence-electron chi connectivity index (χ1n) is 5.90. The minimum Gasteiger partial charge on any atom is -0.307 e. The highest BCUT2D eigenvalue weighted by Gasteiger charge is 2.20. The van der Waals surface area contributed by atoms with E-state index in [-0.39, 0.29) is 10.7 Å². The Kier molecular flexibility index (Phi) is 3.45. The maximum Gasteiger partial charge on any atom is 0.267 e. The smallest absolute Gasteiger partial charge is 0.267 e. The van der Waals surface area contributed by atoms with Gasteiger partial charge in [0.05, 0.1) is 10.2 Å². The van der Waals surface area contributed by atoms with Crippen LogP contribution in [0.3, 0.4) is 0 Å². The predicted molar refractivity (Wildman–Crippen MR) is 82.5 cm³/mol. The number of rotatable bonds is 4. The van der Waals surface area contributed by atoms with Crippen LogP contribution < -0.4 is 16.0 Å². The molecule has 0 bridgehead atoms. The summed E-state index contributed by atoms with van der Waals surface area (Å²) < 4.78 is 28.1. The molecule has 3 rings (SSSR count). The van der Waals surface area contributed by atoms with E-state index < -0.39 is 10.0 Å². The number of aromatic nitrogens is 2. The summed E-state index contributed by atoms with van der Waals surface area (Å²) in [7, 11) is -3.81. The summed E-state index contributed by atoms with van der Waals surface area (Å²) in [6.45, 7) is 0. The fourth-order valence-corrected chi connectivity index (χ4v) is 4.02. The summed E-state index contributed by atoms with van der Waals surface area (Å²) in [6.07, 6.45) is 1.45. The third-order valence-corrected chi connectivity index (χ3v) is 5.16. The van der Waals surface area contributed by atoms with Gasteiger partial charge >= 0.3 is 0 Å². The minimum absolute atomic E-state index is 0.0354. The number of para-hydroxylation sites is 1. The van der Waals surface area contributed by atoms with Gasteiger partial charge in [-0.1, -0.05) is 23.5 Å². The Bertz CT molecular complexity index is 858. The molecule has 9 heteroatoms. The quantitative estimate of drug-likeness (QED) is 0.499.